The number of carbonyl (C=O) groups is 2. The van der Waals surface area contributed by atoms with Crippen molar-refractivity contribution < 1.29 is 18.7 Å². The Morgan fingerprint density at radius 1 is 1.16 bits per heavy atom. The first kappa shape index (κ1) is 20.3. The summed E-state index contributed by atoms with van der Waals surface area (Å²) in [4.78, 5) is 30.0. The fourth-order valence-corrected chi connectivity index (χ4v) is 3.43. The number of benzene rings is 1. The van der Waals surface area contributed by atoms with E-state index in [9.17, 15) is 9.59 Å². The molecule has 0 saturated heterocycles. The summed E-state index contributed by atoms with van der Waals surface area (Å²) in [5, 5.41) is 7.95. The van der Waals surface area contributed by atoms with Crippen LogP contribution in [0.1, 0.15) is 46.2 Å². The number of hydrogen-bond donors (Lipinski definition) is 1. The molecule has 1 aromatic carbocycles. The monoisotopic (exact) mass is 418 g/mol. The van der Waals surface area contributed by atoms with E-state index in [0.29, 0.717) is 44.9 Å². The van der Waals surface area contributed by atoms with Gasteiger partial charge in [-0.3, -0.25) is 4.79 Å². The Morgan fingerprint density at radius 3 is 2.65 bits per heavy atom. The van der Waals surface area contributed by atoms with Crippen LogP contribution in [0.4, 0.5) is 5.69 Å². The van der Waals surface area contributed by atoms with Crippen LogP contribution in [0.3, 0.4) is 0 Å². The number of anilines is 1. The predicted molar refractivity (Wildman–Crippen MR) is 116 cm³/mol. The van der Waals surface area contributed by atoms with E-state index in [-0.39, 0.29) is 11.9 Å². The molecule has 0 saturated carbocycles. The average Bonchev–Trinajstić information content (AvgIpc) is 3.43. The van der Waals surface area contributed by atoms with Crippen LogP contribution in [0.25, 0.3) is 22.5 Å². The maximum Gasteiger partial charge on any atom is 0.338 e. The zero-order chi connectivity index (χ0) is 22.1. The number of nitrogens with one attached hydrogen (secondary N) is 1. The molecular weight excluding hydrogens is 396 g/mol. The minimum atomic E-state index is -0.460. The van der Waals surface area contributed by atoms with Crippen molar-refractivity contribution in [2.75, 3.05) is 12.4 Å². The second-order valence-corrected chi connectivity index (χ2v) is 7.38. The highest BCUT2D eigenvalue weighted by Crippen LogP contribution is 2.28. The molecule has 0 spiro atoms. The smallest absolute Gasteiger partial charge is 0.338 e. The Kier molecular flexibility index (Phi) is 5.29. The molecule has 0 aliphatic carbocycles. The van der Waals surface area contributed by atoms with Gasteiger partial charge in [0.05, 0.1) is 36.1 Å². The number of nitrogens with zero attached hydrogens (tertiary/aromatic N) is 3. The van der Waals surface area contributed by atoms with Crippen LogP contribution in [-0.4, -0.2) is 33.8 Å². The molecule has 0 radical (unpaired) electrons. The number of methoxy groups -OCH3 is 1. The number of amides is 1. The van der Waals surface area contributed by atoms with Crippen molar-refractivity contribution in [1.29, 1.82) is 0 Å². The number of fused-ring (bicyclic) bond motifs is 1. The van der Waals surface area contributed by atoms with Crippen LogP contribution >= 0.6 is 0 Å². The molecule has 0 atom stereocenters. The zero-order valence-corrected chi connectivity index (χ0v) is 17.7. The van der Waals surface area contributed by atoms with Crippen LogP contribution in [0, 0.1) is 6.92 Å². The third kappa shape index (κ3) is 3.68. The maximum absolute atomic E-state index is 13.3. The van der Waals surface area contributed by atoms with E-state index < -0.39 is 5.97 Å². The molecule has 0 aliphatic heterocycles. The fourth-order valence-electron chi connectivity index (χ4n) is 3.43. The van der Waals surface area contributed by atoms with E-state index >= 15 is 0 Å². The lowest BCUT2D eigenvalue weighted by Crippen LogP contribution is -2.15. The van der Waals surface area contributed by atoms with Gasteiger partial charge in [-0.15, -0.1) is 0 Å². The Labute approximate surface area is 178 Å². The Balaban J connectivity index is 1.81. The Hall–Kier alpha value is -3.94. The van der Waals surface area contributed by atoms with Crippen LogP contribution < -0.4 is 5.32 Å². The van der Waals surface area contributed by atoms with Gasteiger partial charge in [-0.25, -0.2) is 14.5 Å². The van der Waals surface area contributed by atoms with Gasteiger partial charge in [-0.2, -0.15) is 5.10 Å². The molecule has 31 heavy (non-hydrogen) atoms. The maximum atomic E-state index is 13.3. The molecule has 0 bridgehead atoms. The van der Waals surface area contributed by atoms with Gasteiger partial charge in [0.25, 0.3) is 5.91 Å². The molecule has 8 heteroatoms. The molecule has 4 aromatic rings. The number of ether oxygens (including phenoxy) is 1. The van der Waals surface area contributed by atoms with Crippen molar-refractivity contribution in [3.63, 3.8) is 0 Å². The highest BCUT2D eigenvalue weighted by Gasteiger charge is 2.21. The van der Waals surface area contributed by atoms with E-state index in [1.54, 1.807) is 60.5 Å². The summed E-state index contributed by atoms with van der Waals surface area (Å²) in [6.07, 6.45) is 3.20. The normalized spacial score (nSPS) is 11.1. The van der Waals surface area contributed by atoms with Crippen molar-refractivity contribution in [2.24, 2.45) is 0 Å². The molecular formula is C23H22N4O4. The quantitative estimate of drug-likeness (QED) is 0.475. The molecule has 3 aromatic heterocycles. The molecule has 8 nitrogen and oxygen atoms in total. The number of carbonyl (C=O) groups excluding carboxylic acids is 2. The summed E-state index contributed by atoms with van der Waals surface area (Å²) in [5.41, 5.74) is 3.07. The third-order valence-electron chi connectivity index (χ3n) is 5.06. The van der Waals surface area contributed by atoms with Gasteiger partial charge < -0.3 is 14.5 Å². The molecule has 3 heterocycles. The second kappa shape index (κ2) is 8.06. The molecule has 0 aliphatic rings. The van der Waals surface area contributed by atoms with Gasteiger partial charge in [0.1, 0.15) is 5.69 Å². The lowest BCUT2D eigenvalue weighted by molar-refractivity contribution is 0.0599. The van der Waals surface area contributed by atoms with Gasteiger partial charge in [0.15, 0.2) is 11.4 Å². The van der Waals surface area contributed by atoms with E-state index in [1.165, 1.54) is 7.11 Å². The topological polar surface area (TPSA) is 99.2 Å². The first-order chi connectivity index (χ1) is 14.9. The van der Waals surface area contributed by atoms with Crippen molar-refractivity contribution >= 4 is 28.6 Å². The first-order valence-electron chi connectivity index (χ1n) is 9.82. The molecule has 0 unspecified atom stereocenters. The number of rotatable bonds is 5. The summed E-state index contributed by atoms with van der Waals surface area (Å²) in [7, 11) is 1.32. The SMILES string of the molecule is COC(=O)c1cccc(NC(=O)c2cc(-c3ccco3)nc3c2cnn3C(C)C)c1C. The van der Waals surface area contributed by atoms with E-state index in [0.717, 1.165) is 0 Å². The number of esters is 1. The predicted octanol–water partition coefficient (Wildman–Crippen LogP) is 4.62. The minimum absolute atomic E-state index is 0.0618. The fraction of sp³-hybridized carbons (Fsp3) is 0.217. The van der Waals surface area contributed by atoms with Crippen LogP contribution in [-0.2, 0) is 4.74 Å². The lowest BCUT2D eigenvalue weighted by Gasteiger charge is -2.13. The summed E-state index contributed by atoms with van der Waals surface area (Å²) in [5.74, 6) is -0.247. The van der Waals surface area contributed by atoms with Gasteiger partial charge in [-0.1, -0.05) is 6.07 Å². The van der Waals surface area contributed by atoms with E-state index in [1.807, 2.05) is 13.8 Å². The highest BCUT2D eigenvalue weighted by molar-refractivity contribution is 6.13. The molecule has 158 valence electrons. The number of hydrogen-bond acceptors (Lipinski definition) is 6. The van der Waals surface area contributed by atoms with Gasteiger partial charge >= 0.3 is 5.97 Å². The molecule has 1 N–H and O–H groups in total. The summed E-state index contributed by atoms with van der Waals surface area (Å²) < 4.78 is 12.1. The van der Waals surface area contributed by atoms with Gasteiger partial charge in [0, 0.05) is 11.7 Å². The van der Waals surface area contributed by atoms with E-state index in [2.05, 4.69) is 15.4 Å². The number of pyridine rings is 1. The Bertz CT molecular complexity index is 1270. The number of aromatic nitrogens is 3. The largest absolute Gasteiger partial charge is 0.465 e. The zero-order valence-electron chi connectivity index (χ0n) is 17.7. The minimum Gasteiger partial charge on any atom is -0.465 e. The Morgan fingerprint density at radius 2 is 1.97 bits per heavy atom. The second-order valence-electron chi connectivity index (χ2n) is 7.38. The summed E-state index contributed by atoms with van der Waals surface area (Å²) in [6, 6.07) is 10.4. The van der Waals surface area contributed by atoms with Crippen molar-refractivity contribution in [1.82, 2.24) is 14.8 Å². The third-order valence-corrected chi connectivity index (χ3v) is 5.06. The van der Waals surface area contributed by atoms with Gasteiger partial charge in [-0.05, 0) is 56.7 Å². The van der Waals surface area contributed by atoms with Crippen molar-refractivity contribution in [3.05, 3.63) is 65.5 Å². The molecule has 4 rings (SSSR count). The van der Waals surface area contributed by atoms with Gasteiger partial charge in [0.2, 0.25) is 0 Å². The average molecular weight is 418 g/mol. The number of furan rings is 1. The lowest BCUT2D eigenvalue weighted by atomic mass is 10.1. The summed E-state index contributed by atoms with van der Waals surface area (Å²) in [6.45, 7) is 5.75. The van der Waals surface area contributed by atoms with Crippen LogP contribution in [0.5, 0.6) is 0 Å². The van der Waals surface area contributed by atoms with Crippen molar-refractivity contribution in [2.45, 2.75) is 26.8 Å². The van der Waals surface area contributed by atoms with Crippen LogP contribution in [0.2, 0.25) is 0 Å². The van der Waals surface area contributed by atoms with Crippen LogP contribution in [0.15, 0.2) is 53.3 Å². The molecule has 0 fully saturated rings. The highest BCUT2D eigenvalue weighted by atomic mass is 16.5. The summed E-state index contributed by atoms with van der Waals surface area (Å²) >= 11 is 0. The van der Waals surface area contributed by atoms with E-state index in [4.69, 9.17) is 9.15 Å². The first-order valence-corrected chi connectivity index (χ1v) is 9.82. The van der Waals surface area contributed by atoms with Crippen molar-refractivity contribution in [3.8, 4) is 11.5 Å². The standard InChI is InChI=1S/C23H22N4O4/c1-13(2)27-21-17(12-24-27)16(11-19(25-21)20-9-6-10-31-20)22(28)26-18-8-5-7-15(14(18)3)23(29)30-4/h5-13H,1-4H3,(H,26,28). The molecule has 1 amide bonds.